The van der Waals surface area contributed by atoms with Gasteiger partial charge in [0.15, 0.2) is 0 Å². The number of aliphatic carboxylic acids is 1. The van der Waals surface area contributed by atoms with Crippen LogP contribution in [-0.2, 0) is 11.2 Å². The fraction of sp³-hybridized carbons (Fsp3) is 0.300. The molecule has 0 aliphatic rings. The minimum atomic E-state index is -1.00. The Hall–Kier alpha value is -0.870. The second-order valence-electron chi connectivity index (χ2n) is 3.01. The van der Waals surface area contributed by atoms with Crippen LogP contribution in [0.2, 0.25) is 0 Å². The van der Waals surface area contributed by atoms with Crippen LogP contribution in [-0.4, -0.2) is 11.1 Å². The van der Waals surface area contributed by atoms with Gasteiger partial charge in [-0.1, -0.05) is 28.9 Å². The predicted octanol–water partition coefficient (Wildman–Crippen LogP) is 2.10. The molecule has 1 rings (SSSR count). The summed E-state index contributed by atoms with van der Waals surface area (Å²) in [5, 5.41) is 8.81. The van der Waals surface area contributed by atoms with Crippen molar-refractivity contribution in [3.05, 3.63) is 33.8 Å². The zero-order valence-corrected chi connectivity index (χ0v) is 9.41. The molecule has 0 saturated carbocycles. The summed E-state index contributed by atoms with van der Waals surface area (Å²) in [6.07, 6.45) is 0.781. The van der Waals surface area contributed by atoms with Crippen LogP contribution in [0.3, 0.4) is 0 Å². The van der Waals surface area contributed by atoms with Gasteiger partial charge in [0.2, 0.25) is 0 Å². The first kappa shape index (κ1) is 11.2. The van der Waals surface area contributed by atoms with Gasteiger partial charge >= 0.3 is 5.97 Å². The molecule has 0 fully saturated rings. The van der Waals surface area contributed by atoms with Crippen molar-refractivity contribution in [2.45, 2.75) is 19.4 Å². The van der Waals surface area contributed by atoms with E-state index in [1.807, 2.05) is 19.1 Å². The van der Waals surface area contributed by atoms with E-state index in [0.29, 0.717) is 5.56 Å². The van der Waals surface area contributed by atoms with Crippen molar-refractivity contribution < 1.29 is 9.90 Å². The fourth-order valence-electron chi connectivity index (χ4n) is 1.31. The number of carbonyl (C=O) groups is 1. The molecule has 14 heavy (non-hydrogen) atoms. The molecule has 1 unspecified atom stereocenters. The summed E-state index contributed by atoms with van der Waals surface area (Å²) in [6, 6.07) is 4.60. The Bertz CT molecular complexity index is 352. The number of nitrogens with two attached hydrogens (primary N) is 1. The maximum atomic E-state index is 10.7. The Labute approximate surface area is 91.1 Å². The average Bonchev–Trinajstić information content (AvgIpc) is 2.16. The third-order valence-electron chi connectivity index (χ3n) is 2.09. The number of halogens is 1. The number of aryl methyl sites for hydroxylation is 1. The molecule has 0 aliphatic carbocycles. The van der Waals surface area contributed by atoms with Gasteiger partial charge in [-0.15, -0.1) is 0 Å². The first-order valence-corrected chi connectivity index (χ1v) is 5.12. The lowest BCUT2D eigenvalue weighted by molar-refractivity contribution is -0.138. The van der Waals surface area contributed by atoms with Gasteiger partial charge in [0.05, 0.1) is 0 Å². The Balaban J connectivity index is 3.16. The molecule has 76 valence electrons. The van der Waals surface area contributed by atoms with Crippen molar-refractivity contribution in [3.8, 4) is 0 Å². The summed E-state index contributed by atoms with van der Waals surface area (Å²) >= 11 is 3.29. The maximum absolute atomic E-state index is 10.7. The number of benzene rings is 1. The molecule has 0 radical (unpaired) electrons. The fourth-order valence-corrected chi connectivity index (χ4v) is 1.69. The van der Waals surface area contributed by atoms with E-state index in [1.165, 1.54) is 0 Å². The molecule has 0 aromatic heterocycles. The van der Waals surface area contributed by atoms with Gasteiger partial charge in [-0.2, -0.15) is 0 Å². The third-order valence-corrected chi connectivity index (χ3v) is 2.58. The highest BCUT2D eigenvalue weighted by Crippen LogP contribution is 2.22. The first-order valence-electron chi connectivity index (χ1n) is 4.33. The number of carboxylic acid groups (broad SMARTS) is 1. The van der Waals surface area contributed by atoms with E-state index in [1.54, 1.807) is 6.07 Å². The molecule has 3 nitrogen and oxygen atoms in total. The number of hydrogen-bond acceptors (Lipinski definition) is 2. The maximum Gasteiger partial charge on any atom is 0.325 e. The van der Waals surface area contributed by atoms with E-state index < -0.39 is 12.0 Å². The molecule has 0 spiro atoms. The van der Waals surface area contributed by atoms with Crippen LogP contribution >= 0.6 is 15.9 Å². The minimum Gasteiger partial charge on any atom is -0.480 e. The summed E-state index contributed by atoms with van der Waals surface area (Å²) < 4.78 is 0.849. The second kappa shape index (κ2) is 4.57. The summed E-state index contributed by atoms with van der Waals surface area (Å²) in [6.45, 7) is 1.97. The van der Waals surface area contributed by atoms with E-state index in [4.69, 9.17) is 10.8 Å². The number of carboxylic acids is 1. The molecule has 4 heteroatoms. The Morgan fingerprint density at radius 2 is 2.29 bits per heavy atom. The molecule has 0 aliphatic heterocycles. The van der Waals surface area contributed by atoms with Crippen LogP contribution in [0.15, 0.2) is 22.7 Å². The smallest absolute Gasteiger partial charge is 0.325 e. The van der Waals surface area contributed by atoms with Gasteiger partial charge in [-0.3, -0.25) is 4.79 Å². The second-order valence-corrected chi connectivity index (χ2v) is 3.93. The van der Waals surface area contributed by atoms with Crippen molar-refractivity contribution in [1.29, 1.82) is 0 Å². The molecule has 1 aromatic carbocycles. The molecule has 1 atom stereocenters. The molecular weight excluding hydrogens is 246 g/mol. The average molecular weight is 258 g/mol. The summed E-state index contributed by atoms with van der Waals surface area (Å²) in [5.41, 5.74) is 7.21. The van der Waals surface area contributed by atoms with Crippen molar-refractivity contribution in [2.75, 3.05) is 0 Å². The van der Waals surface area contributed by atoms with Crippen LogP contribution in [0, 0.1) is 0 Å². The Morgan fingerprint density at radius 1 is 1.64 bits per heavy atom. The van der Waals surface area contributed by atoms with E-state index in [2.05, 4.69) is 15.9 Å². The third kappa shape index (κ3) is 2.33. The standard InChI is InChI=1S/C10H12BrNO2/c1-2-6-3-4-7(11)5-8(6)9(12)10(13)14/h3-5,9H,2,12H2,1H3,(H,13,14). The zero-order valence-electron chi connectivity index (χ0n) is 7.83. The van der Waals surface area contributed by atoms with Crippen molar-refractivity contribution in [1.82, 2.24) is 0 Å². The number of rotatable bonds is 3. The summed E-state index contributed by atoms with van der Waals surface area (Å²) in [4.78, 5) is 10.7. The normalized spacial score (nSPS) is 12.5. The van der Waals surface area contributed by atoms with Gasteiger partial charge in [-0.25, -0.2) is 0 Å². The van der Waals surface area contributed by atoms with E-state index in [0.717, 1.165) is 16.5 Å². The number of hydrogen-bond donors (Lipinski definition) is 2. The molecule has 0 amide bonds. The van der Waals surface area contributed by atoms with Crippen LogP contribution < -0.4 is 5.73 Å². The van der Waals surface area contributed by atoms with Crippen molar-refractivity contribution in [3.63, 3.8) is 0 Å². The first-order chi connectivity index (χ1) is 6.56. The molecular formula is C10H12BrNO2. The summed E-state index contributed by atoms with van der Waals surface area (Å²) in [7, 11) is 0. The molecule has 0 bridgehead atoms. The van der Waals surface area contributed by atoms with Crippen LogP contribution in [0.5, 0.6) is 0 Å². The van der Waals surface area contributed by atoms with Crippen LogP contribution in [0.4, 0.5) is 0 Å². The van der Waals surface area contributed by atoms with E-state index in [9.17, 15) is 4.79 Å². The highest BCUT2D eigenvalue weighted by molar-refractivity contribution is 9.10. The molecule has 3 N–H and O–H groups in total. The minimum absolute atomic E-state index is 0.675. The van der Waals surface area contributed by atoms with Crippen molar-refractivity contribution >= 4 is 21.9 Å². The summed E-state index contributed by atoms with van der Waals surface area (Å²) in [5.74, 6) is -1.00. The van der Waals surface area contributed by atoms with Crippen molar-refractivity contribution in [2.24, 2.45) is 5.73 Å². The molecule has 0 heterocycles. The van der Waals surface area contributed by atoms with Crippen LogP contribution in [0.1, 0.15) is 24.1 Å². The lowest BCUT2D eigenvalue weighted by atomic mass is 9.99. The largest absolute Gasteiger partial charge is 0.480 e. The highest BCUT2D eigenvalue weighted by Gasteiger charge is 2.17. The Morgan fingerprint density at radius 3 is 2.79 bits per heavy atom. The van der Waals surface area contributed by atoms with Crippen LogP contribution in [0.25, 0.3) is 0 Å². The lowest BCUT2D eigenvalue weighted by Gasteiger charge is -2.12. The van der Waals surface area contributed by atoms with Gasteiger partial charge in [0, 0.05) is 4.47 Å². The Kier molecular flexibility index (Phi) is 3.66. The zero-order chi connectivity index (χ0) is 10.7. The predicted molar refractivity (Wildman–Crippen MR) is 58.1 cm³/mol. The van der Waals surface area contributed by atoms with E-state index in [-0.39, 0.29) is 0 Å². The quantitative estimate of drug-likeness (QED) is 0.872. The topological polar surface area (TPSA) is 63.3 Å². The van der Waals surface area contributed by atoms with E-state index >= 15 is 0 Å². The van der Waals surface area contributed by atoms with Gasteiger partial charge in [0.25, 0.3) is 0 Å². The van der Waals surface area contributed by atoms with Gasteiger partial charge < -0.3 is 10.8 Å². The SMILES string of the molecule is CCc1ccc(Br)cc1C(N)C(=O)O. The molecule has 0 saturated heterocycles. The monoisotopic (exact) mass is 257 g/mol. The lowest BCUT2D eigenvalue weighted by Crippen LogP contribution is -2.22. The highest BCUT2D eigenvalue weighted by atomic mass is 79.9. The van der Waals surface area contributed by atoms with Gasteiger partial charge in [0.1, 0.15) is 6.04 Å². The van der Waals surface area contributed by atoms with Gasteiger partial charge in [-0.05, 0) is 29.7 Å². The molecule has 1 aromatic rings.